The molecule has 0 aliphatic heterocycles. The Hall–Kier alpha value is -1.82. The van der Waals surface area contributed by atoms with Gasteiger partial charge in [0.05, 0.1) is 0 Å². The van der Waals surface area contributed by atoms with Gasteiger partial charge in [0.1, 0.15) is 0 Å². The van der Waals surface area contributed by atoms with Crippen LogP contribution in [0, 0.1) is 11.8 Å². The Labute approximate surface area is 64.2 Å². The summed E-state index contributed by atoms with van der Waals surface area (Å²) >= 11 is 0. The normalized spacial score (nSPS) is 8.00. The van der Waals surface area contributed by atoms with E-state index < -0.39 is 5.91 Å². The molecule has 0 saturated carbocycles. The lowest BCUT2D eigenvalue weighted by atomic mass is 10.3. The van der Waals surface area contributed by atoms with E-state index in [2.05, 4.69) is 16.8 Å². The number of carbonyl (C=O) groups excluding carboxylic acids is 1. The standard InChI is InChI=1S/C8H6N2O/c9-8(11)4-3-7-2-1-5-10-6-7/h1-2,5-6H,(H2,9,11). The Morgan fingerprint density at radius 3 is 3.00 bits per heavy atom. The summed E-state index contributed by atoms with van der Waals surface area (Å²) in [5.74, 6) is 4.14. The predicted octanol–water partition coefficient (Wildman–Crippen LogP) is -0.0816. The number of hydrogen-bond donors (Lipinski definition) is 1. The maximum atomic E-state index is 10.2. The molecule has 0 atom stereocenters. The van der Waals surface area contributed by atoms with E-state index in [0.717, 1.165) is 0 Å². The van der Waals surface area contributed by atoms with Gasteiger partial charge in [0.25, 0.3) is 5.91 Å². The highest BCUT2D eigenvalue weighted by Crippen LogP contribution is 1.90. The number of hydrogen-bond acceptors (Lipinski definition) is 2. The third kappa shape index (κ3) is 2.50. The minimum absolute atomic E-state index is 0.631. The fourth-order valence-electron chi connectivity index (χ4n) is 0.570. The summed E-state index contributed by atoms with van der Waals surface area (Å²) in [6, 6.07) is 3.49. The number of primary amides is 1. The lowest BCUT2D eigenvalue weighted by Crippen LogP contribution is -2.06. The van der Waals surface area contributed by atoms with Crippen molar-refractivity contribution in [1.82, 2.24) is 4.98 Å². The molecule has 0 spiro atoms. The van der Waals surface area contributed by atoms with E-state index in [0.29, 0.717) is 5.56 Å². The van der Waals surface area contributed by atoms with Crippen molar-refractivity contribution in [2.75, 3.05) is 0 Å². The third-order valence-corrected chi connectivity index (χ3v) is 0.992. The molecular weight excluding hydrogens is 140 g/mol. The Morgan fingerprint density at radius 2 is 2.45 bits per heavy atom. The molecule has 54 valence electrons. The van der Waals surface area contributed by atoms with E-state index in [9.17, 15) is 4.79 Å². The first-order valence-electron chi connectivity index (χ1n) is 3.00. The average molecular weight is 146 g/mol. The van der Waals surface area contributed by atoms with Crippen LogP contribution < -0.4 is 5.73 Å². The molecule has 11 heavy (non-hydrogen) atoms. The molecule has 1 amide bonds. The van der Waals surface area contributed by atoms with Crippen molar-refractivity contribution >= 4 is 5.91 Å². The maximum Gasteiger partial charge on any atom is 0.293 e. The number of nitrogens with zero attached hydrogens (tertiary/aromatic N) is 1. The molecule has 0 radical (unpaired) electrons. The fourth-order valence-corrected chi connectivity index (χ4v) is 0.570. The monoisotopic (exact) mass is 146 g/mol. The van der Waals surface area contributed by atoms with Gasteiger partial charge in [0.2, 0.25) is 0 Å². The second kappa shape index (κ2) is 3.37. The van der Waals surface area contributed by atoms with E-state index in [-0.39, 0.29) is 0 Å². The first-order chi connectivity index (χ1) is 5.29. The fraction of sp³-hybridized carbons (Fsp3) is 0. The first-order valence-corrected chi connectivity index (χ1v) is 3.00. The minimum atomic E-state index is -0.631. The van der Waals surface area contributed by atoms with Gasteiger partial charge in [-0.05, 0) is 12.1 Å². The summed E-state index contributed by atoms with van der Waals surface area (Å²) in [7, 11) is 0. The van der Waals surface area contributed by atoms with E-state index in [1.165, 1.54) is 0 Å². The number of pyridine rings is 1. The van der Waals surface area contributed by atoms with Gasteiger partial charge in [0, 0.05) is 23.9 Å². The van der Waals surface area contributed by atoms with Crippen LogP contribution in [0.15, 0.2) is 24.5 Å². The van der Waals surface area contributed by atoms with Crippen LogP contribution in [0.3, 0.4) is 0 Å². The van der Waals surface area contributed by atoms with E-state index in [4.69, 9.17) is 5.73 Å². The van der Waals surface area contributed by atoms with Gasteiger partial charge in [-0.25, -0.2) is 0 Å². The van der Waals surface area contributed by atoms with Gasteiger partial charge in [-0.1, -0.05) is 5.92 Å². The van der Waals surface area contributed by atoms with Crippen molar-refractivity contribution in [3.05, 3.63) is 30.1 Å². The van der Waals surface area contributed by atoms with Crippen LogP contribution in [0.5, 0.6) is 0 Å². The van der Waals surface area contributed by atoms with Crippen molar-refractivity contribution in [1.29, 1.82) is 0 Å². The van der Waals surface area contributed by atoms with E-state index in [1.807, 2.05) is 0 Å². The van der Waals surface area contributed by atoms with Crippen LogP contribution in [0.4, 0.5) is 0 Å². The molecular formula is C8H6N2O. The average Bonchev–Trinajstić information content (AvgIpc) is 2.03. The Morgan fingerprint density at radius 1 is 1.64 bits per heavy atom. The second-order valence-electron chi connectivity index (χ2n) is 1.86. The number of carbonyl (C=O) groups is 1. The lowest BCUT2D eigenvalue weighted by molar-refractivity contribution is -0.112. The highest BCUT2D eigenvalue weighted by molar-refractivity contribution is 5.92. The Kier molecular flexibility index (Phi) is 2.24. The van der Waals surface area contributed by atoms with Crippen molar-refractivity contribution in [3.8, 4) is 11.8 Å². The molecule has 0 bridgehead atoms. The van der Waals surface area contributed by atoms with Crippen LogP contribution in [0.2, 0.25) is 0 Å². The maximum absolute atomic E-state index is 10.2. The highest BCUT2D eigenvalue weighted by Gasteiger charge is 1.83. The van der Waals surface area contributed by atoms with Crippen molar-refractivity contribution in [2.45, 2.75) is 0 Å². The molecule has 0 aromatic carbocycles. The van der Waals surface area contributed by atoms with Crippen molar-refractivity contribution < 1.29 is 4.79 Å². The second-order valence-corrected chi connectivity index (χ2v) is 1.86. The zero-order valence-corrected chi connectivity index (χ0v) is 5.74. The Balaban J connectivity index is 2.83. The van der Waals surface area contributed by atoms with Gasteiger partial charge in [-0.3, -0.25) is 9.78 Å². The van der Waals surface area contributed by atoms with Crippen LogP contribution >= 0.6 is 0 Å². The molecule has 1 rings (SSSR count). The number of nitrogens with two attached hydrogens (primary N) is 1. The Bertz CT molecular complexity index is 308. The lowest BCUT2D eigenvalue weighted by Gasteiger charge is -1.83. The molecule has 0 aliphatic rings. The zero-order valence-electron chi connectivity index (χ0n) is 5.74. The molecule has 0 aliphatic carbocycles. The summed E-state index contributed by atoms with van der Waals surface area (Å²) in [5.41, 5.74) is 5.49. The van der Waals surface area contributed by atoms with Crippen molar-refractivity contribution in [3.63, 3.8) is 0 Å². The zero-order chi connectivity index (χ0) is 8.10. The number of amides is 1. The smallest absolute Gasteiger partial charge is 0.293 e. The molecule has 1 aromatic heterocycles. The number of rotatable bonds is 0. The molecule has 2 N–H and O–H groups in total. The molecule has 0 fully saturated rings. The van der Waals surface area contributed by atoms with Crippen LogP contribution in [-0.2, 0) is 4.79 Å². The molecule has 1 aromatic rings. The third-order valence-electron chi connectivity index (χ3n) is 0.992. The summed E-state index contributed by atoms with van der Waals surface area (Å²) in [6.45, 7) is 0. The topological polar surface area (TPSA) is 56.0 Å². The first kappa shape index (κ1) is 7.29. The van der Waals surface area contributed by atoms with Gasteiger partial charge >= 0.3 is 0 Å². The number of aromatic nitrogens is 1. The molecule has 1 heterocycles. The van der Waals surface area contributed by atoms with E-state index >= 15 is 0 Å². The summed E-state index contributed by atoms with van der Waals surface area (Å²) < 4.78 is 0. The molecule has 0 saturated heterocycles. The minimum Gasteiger partial charge on any atom is -0.359 e. The SMILES string of the molecule is NC(=O)C#Cc1cccnc1. The molecule has 3 nitrogen and oxygen atoms in total. The van der Waals surface area contributed by atoms with Gasteiger partial charge < -0.3 is 5.73 Å². The van der Waals surface area contributed by atoms with Crippen LogP contribution in [0.1, 0.15) is 5.56 Å². The largest absolute Gasteiger partial charge is 0.359 e. The van der Waals surface area contributed by atoms with Crippen LogP contribution in [-0.4, -0.2) is 10.9 Å². The summed E-state index contributed by atoms with van der Waals surface area (Å²) in [5, 5.41) is 0. The van der Waals surface area contributed by atoms with Gasteiger partial charge in [0.15, 0.2) is 0 Å². The van der Waals surface area contributed by atoms with E-state index in [1.54, 1.807) is 24.5 Å². The van der Waals surface area contributed by atoms with Crippen LogP contribution in [0.25, 0.3) is 0 Å². The summed E-state index contributed by atoms with van der Waals surface area (Å²) in [6.07, 6.45) is 3.20. The van der Waals surface area contributed by atoms with Gasteiger partial charge in [-0.2, -0.15) is 0 Å². The summed E-state index contributed by atoms with van der Waals surface area (Å²) in [4.78, 5) is 14.0. The molecule has 3 heteroatoms. The predicted molar refractivity (Wildman–Crippen MR) is 40.3 cm³/mol. The van der Waals surface area contributed by atoms with Crippen molar-refractivity contribution in [2.24, 2.45) is 5.73 Å². The highest BCUT2D eigenvalue weighted by atomic mass is 16.1. The van der Waals surface area contributed by atoms with Gasteiger partial charge in [-0.15, -0.1) is 0 Å². The quantitative estimate of drug-likeness (QED) is 0.520. The molecule has 0 unspecified atom stereocenters.